The minimum absolute atomic E-state index is 0.0629. The Kier molecular flexibility index (Phi) is 6.29. The highest BCUT2D eigenvalue weighted by Crippen LogP contribution is 2.34. The van der Waals surface area contributed by atoms with E-state index in [-0.39, 0.29) is 11.7 Å². The number of carbonyl (C=O) groups is 1. The van der Waals surface area contributed by atoms with Crippen molar-refractivity contribution in [2.75, 3.05) is 6.54 Å². The Bertz CT molecular complexity index is 878. The molecule has 6 heteroatoms. The first-order chi connectivity index (χ1) is 12.9. The standard InChI is InChI=1S/C21H20FNO2S2/c1-14(2)12-23-20(24)19(27-21(23)26)11-16-5-3-4-6-18(16)25-13-15-7-9-17(22)10-8-15/h3-11,14H,12-13H2,1-2H3/b19-11-. The molecule has 3 nitrogen and oxygen atoms in total. The molecule has 0 bridgehead atoms. The third kappa shape index (κ3) is 4.96. The minimum Gasteiger partial charge on any atom is -0.488 e. The van der Waals surface area contributed by atoms with E-state index >= 15 is 0 Å². The number of ether oxygens (including phenoxy) is 1. The van der Waals surface area contributed by atoms with E-state index in [0.29, 0.717) is 34.0 Å². The van der Waals surface area contributed by atoms with Gasteiger partial charge >= 0.3 is 0 Å². The van der Waals surface area contributed by atoms with E-state index in [2.05, 4.69) is 13.8 Å². The van der Waals surface area contributed by atoms with Gasteiger partial charge in [-0.25, -0.2) is 4.39 Å². The molecule has 1 aliphatic heterocycles. The minimum atomic E-state index is -0.275. The average molecular weight is 402 g/mol. The lowest BCUT2D eigenvalue weighted by molar-refractivity contribution is -0.122. The summed E-state index contributed by atoms with van der Waals surface area (Å²) in [5.74, 6) is 0.670. The summed E-state index contributed by atoms with van der Waals surface area (Å²) in [6.45, 7) is 5.05. The van der Waals surface area contributed by atoms with Crippen LogP contribution in [0.4, 0.5) is 4.39 Å². The van der Waals surface area contributed by atoms with E-state index in [1.54, 1.807) is 17.0 Å². The molecule has 3 rings (SSSR count). The number of rotatable bonds is 6. The number of thiocarbonyl (C=S) groups is 1. The smallest absolute Gasteiger partial charge is 0.266 e. The van der Waals surface area contributed by atoms with Crippen molar-refractivity contribution in [3.8, 4) is 5.75 Å². The molecule has 2 aromatic rings. The van der Waals surface area contributed by atoms with E-state index in [9.17, 15) is 9.18 Å². The van der Waals surface area contributed by atoms with Gasteiger partial charge < -0.3 is 4.74 Å². The van der Waals surface area contributed by atoms with Crippen LogP contribution in [0.15, 0.2) is 53.4 Å². The van der Waals surface area contributed by atoms with Gasteiger partial charge in [0.2, 0.25) is 0 Å². The molecule has 0 saturated carbocycles. The van der Waals surface area contributed by atoms with Crippen molar-refractivity contribution in [3.63, 3.8) is 0 Å². The van der Waals surface area contributed by atoms with Gasteiger partial charge in [0.1, 0.15) is 22.5 Å². The number of hydrogen-bond acceptors (Lipinski definition) is 4. The van der Waals surface area contributed by atoms with Crippen molar-refractivity contribution in [3.05, 3.63) is 70.4 Å². The Morgan fingerprint density at radius 2 is 1.89 bits per heavy atom. The van der Waals surface area contributed by atoms with Crippen molar-refractivity contribution < 1.29 is 13.9 Å². The molecule has 1 fully saturated rings. The molecule has 1 saturated heterocycles. The van der Waals surface area contributed by atoms with Crippen molar-refractivity contribution in [2.45, 2.75) is 20.5 Å². The summed E-state index contributed by atoms with van der Waals surface area (Å²) in [5.41, 5.74) is 1.68. The second-order valence-electron chi connectivity index (χ2n) is 6.64. The van der Waals surface area contributed by atoms with Crippen LogP contribution in [0.2, 0.25) is 0 Å². The maximum atomic E-state index is 13.0. The summed E-state index contributed by atoms with van der Waals surface area (Å²) in [5, 5.41) is 0. The number of para-hydroxylation sites is 1. The molecule has 0 aliphatic carbocycles. The zero-order valence-corrected chi connectivity index (χ0v) is 16.8. The molecule has 0 aromatic heterocycles. The first-order valence-corrected chi connectivity index (χ1v) is 9.88. The molecule has 0 unspecified atom stereocenters. The van der Waals surface area contributed by atoms with Gasteiger partial charge in [-0.05, 0) is 35.8 Å². The second-order valence-corrected chi connectivity index (χ2v) is 8.31. The van der Waals surface area contributed by atoms with Crippen LogP contribution < -0.4 is 4.74 Å². The van der Waals surface area contributed by atoms with Crippen LogP contribution in [-0.2, 0) is 11.4 Å². The highest BCUT2D eigenvalue weighted by atomic mass is 32.2. The van der Waals surface area contributed by atoms with Gasteiger partial charge in [0.25, 0.3) is 5.91 Å². The van der Waals surface area contributed by atoms with Crippen LogP contribution in [0, 0.1) is 11.7 Å². The maximum Gasteiger partial charge on any atom is 0.266 e. The van der Waals surface area contributed by atoms with Crippen LogP contribution in [0.3, 0.4) is 0 Å². The number of benzene rings is 2. The zero-order valence-electron chi connectivity index (χ0n) is 15.1. The maximum absolute atomic E-state index is 13.0. The molecular weight excluding hydrogens is 381 g/mol. The van der Waals surface area contributed by atoms with Gasteiger partial charge in [-0.3, -0.25) is 9.69 Å². The largest absolute Gasteiger partial charge is 0.488 e. The van der Waals surface area contributed by atoms with Crippen molar-refractivity contribution >= 4 is 40.3 Å². The predicted octanol–water partition coefficient (Wildman–Crippen LogP) is 5.26. The lowest BCUT2D eigenvalue weighted by Crippen LogP contribution is -2.31. The number of nitrogens with zero attached hydrogens (tertiary/aromatic N) is 1. The molecule has 140 valence electrons. The molecular formula is C21H20FNO2S2. The van der Waals surface area contributed by atoms with Gasteiger partial charge in [0.05, 0.1) is 4.91 Å². The normalized spacial score (nSPS) is 15.9. The van der Waals surface area contributed by atoms with Crippen molar-refractivity contribution in [1.82, 2.24) is 4.90 Å². The lowest BCUT2D eigenvalue weighted by atomic mass is 10.1. The Labute approximate surface area is 168 Å². The van der Waals surface area contributed by atoms with Gasteiger partial charge in [0.15, 0.2) is 0 Å². The number of thioether (sulfide) groups is 1. The predicted molar refractivity (Wildman–Crippen MR) is 112 cm³/mol. The van der Waals surface area contributed by atoms with E-state index < -0.39 is 0 Å². The SMILES string of the molecule is CC(C)CN1C(=O)/C(=C/c2ccccc2OCc2ccc(F)cc2)SC1=S. The third-order valence-corrected chi connectivity index (χ3v) is 5.31. The molecule has 0 atom stereocenters. The van der Waals surface area contributed by atoms with E-state index in [4.69, 9.17) is 17.0 Å². The molecule has 0 N–H and O–H groups in total. The van der Waals surface area contributed by atoms with E-state index in [1.807, 2.05) is 30.3 Å². The van der Waals surface area contributed by atoms with Crippen LogP contribution >= 0.6 is 24.0 Å². The molecule has 1 aliphatic rings. The van der Waals surface area contributed by atoms with Crippen LogP contribution in [0.5, 0.6) is 5.75 Å². The zero-order chi connectivity index (χ0) is 19.4. The lowest BCUT2D eigenvalue weighted by Gasteiger charge is -2.16. The average Bonchev–Trinajstić information content (AvgIpc) is 2.89. The number of amides is 1. The Morgan fingerprint density at radius 3 is 2.59 bits per heavy atom. The van der Waals surface area contributed by atoms with Gasteiger partial charge in [-0.1, -0.05) is 68.2 Å². The molecule has 0 radical (unpaired) electrons. The summed E-state index contributed by atoms with van der Waals surface area (Å²) in [6, 6.07) is 13.7. The Balaban J connectivity index is 1.77. The Morgan fingerprint density at radius 1 is 1.19 bits per heavy atom. The van der Waals surface area contributed by atoms with Crippen LogP contribution in [0.1, 0.15) is 25.0 Å². The quantitative estimate of drug-likeness (QED) is 0.488. The molecule has 0 spiro atoms. The van der Waals surface area contributed by atoms with Gasteiger partial charge in [0, 0.05) is 12.1 Å². The summed E-state index contributed by atoms with van der Waals surface area (Å²) in [4.78, 5) is 14.9. The third-order valence-electron chi connectivity index (χ3n) is 3.93. The monoisotopic (exact) mass is 401 g/mol. The summed E-state index contributed by atoms with van der Waals surface area (Å²) in [6.07, 6.45) is 1.82. The first kappa shape index (κ1) is 19.6. The molecule has 27 heavy (non-hydrogen) atoms. The summed E-state index contributed by atoms with van der Waals surface area (Å²) in [7, 11) is 0. The number of carbonyl (C=O) groups excluding carboxylic acids is 1. The van der Waals surface area contributed by atoms with Crippen molar-refractivity contribution in [2.24, 2.45) is 5.92 Å². The van der Waals surface area contributed by atoms with Crippen molar-refractivity contribution in [1.29, 1.82) is 0 Å². The second kappa shape index (κ2) is 8.67. The fourth-order valence-corrected chi connectivity index (χ4v) is 3.90. The van der Waals surface area contributed by atoms with Crippen LogP contribution in [-0.4, -0.2) is 21.7 Å². The fourth-order valence-electron chi connectivity index (χ4n) is 2.64. The fraction of sp³-hybridized carbons (Fsp3) is 0.238. The molecule has 2 aromatic carbocycles. The van der Waals surface area contributed by atoms with Gasteiger partial charge in [-0.15, -0.1) is 0 Å². The molecule has 1 heterocycles. The highest BCUT2D eigenvalue weighted by molar-refractivity contribution is 8.26. The topological polar surface area (TPSA) is 29.5 Å². The number of halogens is 1. The van der Waals surface area contributed by atoms with E-state index in [0.717, 1.165) is 11.1 Å². The van der Waals surface area contributed by atoms with Gasteiger partial charge in [-0.2, -0.15) is 0 Å². The van der Waals surface area contributed by atoms with E-state index in [1.165, 1.54) is 23.9 Å². The first-order valence-electron chi connectivity index (χ1n) is 8.65. The number of hydrogen-bond donors (Lipinski definition) is 0. The van der Waals surface area contributed by atoms with Crippen LogP contribution in [0.25, 0.3) is 6.08 Å². The summed E-state index contributed by atoms with van der Waals surface area (Å²) >= 11 is 6.67. The summed E-state index contributed by atoms with van der Waals surface area (Å²) < 4.78 is 19.5. The Hall–Kier alpha value is -2.18. The molecule has 1 amide bonds. The highest BCUT2D eigenvalue weighted by Gasteiger charge is 2.32.